The number of nitrogens with zero attached hydrogens (tertiary/aromatic N) is 1. The normalized spacial score (nSPS) is 14.6. The molecule has 0 saturated heterocycles. The maximum atomic E-state index is 4.30. The van der Waals surface area contributed by atoms with Crippen LogP contribution in [0.2, 0.25) is 0 Å². The molecule has 0 radical (unpaired) electrons. The molecule has 2 unspecified atom stereocenters. The van der Waals surface area contributed by atoms with Gasteiger partial charge in [0.15, 0.2) is 5.96 Å². The second kappa shape index (κ2) is 10.9. The van der Waals surface area contributed by atoms with Crippen LogP contribution in [0.1, 0.15) is 46.1 Å². The maximum absolute atomic E-state index is 4.30. The minimum atomic E-state index is 0. The summed E-state index contributed by atoms with van der Waals surface area (Å²) >= 11 is 0. The highest BCUT2D eigenvalue weighted by Gasteiger charge is 2.15. The average molecular weight is 432 g/mol. The standard InChI is InChI=1S/C18H32N4.HI/c1-14(16-10-8-7-9-11-16)15(2)22-17(19-6)20-12-13-21-18(3,4)5;/h7-11,14-15,21H,12-13H2,1-6H3,(H2,19,20,22);1H. The lowest BCUT2D eigenvalue weighted by Gasteiger charge is -2.25. The van der Waals surface area contributed by atoms with Crippen molar-refractivity contribution in [2.75, 3.05) is 20.1 Å². The number of rotatable bonds is 6. The summed E-state index contributed by atoms with van der Waals surface area (Å²) in [6.45, 7) is 12.7. The average Bonchev–Trinajstić information content (AvgIpc) is 2.49. The van der Waals surface area contributed by atoms with Crippen LogP contribution in [0.15, 0.2) is 35.3 Å². The number of nitrogens with one attached hydrogen (secondary N) is 3. The third-order valence-corrected chi connectivity index (χ3v) is 3.74. The van der Waals surface area contributed by atoms with Crippen LogP contribution >= 0.6 is 24.0 Å². The van der Waals surface area contributed by atoms with Gasteiger partial charge in [-0.05, 0) is 33.3 Å². The molecular weight excluding hydrogens is 399 g/mol. The lowest BCUT2D eigenvalue weighted by atomic mass is 9.94. The highest BCUT2D eigenvalue weighted by atomic mass is 127. The molecule has 0 aliphatic rings. The van der Waals surface area contributed by atoms with Crippen molar-refractivity contribution < 1.29 is 0 Å². The largest absolute Gasteiger partial charge is 0.355 e. The second-order valence-corrected chi connectivity index (χ2v) is 6.81. The van der Waals surface area contributed by atoms with Crippen LogP contribution in [0.4, 0.5) is 0 Å². The van der Waals surface area contributed by atoms with E-state index < -0.39 is 0 Å². The zero-order chi connectivity index (χ0) is 16.6. The van der Waals surface area contributed by atoms with Crippen molar-refractivity contribution in [3.8, 4) is 0 Å². The molecule has 5 heteroatoms. The smallest absolute Gasteiger partial charge is 0.191 e. The van der Waals surface area contributed by atoms with Crippen LogP contribution in [-0.2, 0) is 0 Å². The van der Waals surface area contributed by atoms with Gasteiger partial charge in [0.25, 0.3) is 0 Å². The van der Waals surface area contributed by atoms with Gasteiger partial charge in [-0.15, -0.1) is 24.0 Å². The molecule has 0 bridgehead atoms. The van der Waals surface area contributed by atoms with Crippen molar-refractivity contribution in [3.63, 3.8) is 0 Å². The van der Waals surface area contributed by atoms with Crippen molar-refractivity contribution in [3.05, 3.63) is 35.9 Å². The van der Waals surface area contributed by atoms with E-state index >= 15 is 0 Å². The predicted octanol–water partition coefficient (Wildman–Crippen LogP) is 3.35. The van der Waals surface area contributed by atoms with Crippen LogP contribution in [0, 0.1) is 0 Å². The first-order chi connectivity index (χ1) is 10.3. The Kier molecular flexibility index (Phi) is 10.5. The number of hydrogen-bond donors (Lipinski definition) is 3. The molecule has 1 rings (SSSR count). The van der Waals surface area contributed by atoms with Gasteiger partial charge in [0, 0.05) is 37.6 Å². The van der Waals surface area contributed by atoms with E-state index in [0.717, 1.165) is 19.0 Å². The summed E-state index contributed by atoms with van der Waals surface area (Å²) in [4.78, 5) is 4.30. The van der Waals surface area contributed by atoms with Gasteiger partial charge >= 0.3 is 0 Å². The predicted molar refractivity (Wildman–Crippen MR) is 112 cm³/mol. The summed E-state index contributed by atoms with van der Waals surface area (Å²) in [5.74, 6) is 1.28. The molecule has 1 aromatic rings. The van der Waals surface area contributed by atoms with Gasteiger partial charge < -0.3 is 16.0 Å². The fraction of sp³-hybridized carbons (Fsp3) is 0.611. The molecule has 1 aromatic carbocycles. The Hall–Kier alpha value is -0.820. The van der Waals surface area contributed by atoms with Gasteiger partial charge in [0.05, 0.1) is 0 Å². The first-order valence-electron chi connectivity index (χ1n) is 8.10. The van der Waals surface area contributed by atoms with Gasteiger partial charge in [-0.3, -0.25) is 4.99 Å². The molecule has 3 N–H and O–H groups in total. The zero-order valence-electron chi connectivity index (χ0n) is 15.3. The van der Waals surface area contributed by atoms with Crippen molar-refractivity contribution >= 4 is 29.9 Å². The van der Waals surface area contributed by atoms with Crippen molar-refractivity contribution in [2.45, 2.75) is 52.1 Å². The first kappa shape index (κ1) is 22.2. The van der Waals surface area contributed by atoms with E-state index in [0.29, 0.717) is 12.0 Å². The molecule has 0 amide bonds. The van der Waals surface area contributed by atoms with Gasteiger partial charge in [-0.25, -0.2) is 0 Å². The fourth-order valence-electron chi connectivity index (χ4n) is 2.20. The molecular formula is C18H33IN4. The fourth-order valence-corrected chi connectivity index (χ4v) is 2.20. The molecule has 0 heterocycles. The van der Waals surface area contributed by atoms with Crippen LogP contribution in [0.3, 0.4) is 0 Å². The first-order valence-corrected chi connectivity index (χ1v) is 8.10. The van der Waals surface area contributed by atoms with E-state index in [4.69, 9.17) is 0 Å². The Morgan fingerprint density at radius 3 is 2.22 bits per heavy atom. The summed E-state index contributed by atoms with van der Waals surface area (Å²) in [5, 5.41) is 10.3. The minimum absolute atomic E-state index is 0. The quantitative estimate of drug-likeness (QED) is 0.280. The maximum Gasteiger partial charge on any atom is 0.191 e. The van der Waals surface area contributed by atoms with E-state index in [-0.39, 0.29) is 29.5 Å². The van der Waals surface area contributed by atoms with Crippen LogP contribution < -0.4 is 16.0 Å². The number of halogens is 1. The van der Waals surface area contributed by atoms with E-state index in [2.05, 4.69) is 85.9 Å². The topological polar surface area (TPSA) is 48.5 Å². The molecule has 23 heavy (non-hydrogen) atoms. The van der Waals surface area contributed by atoms with Gasteiger partial charge in [0.1, 0.15) is 0 Å². The van der Waals surface area contributed by atoms with Crippen LogP contribution in [-0.4, -0.2) is 37.7 Å². The minimum Gasteiger partial charge on any atom is -0.355 e. The summed E-state index contributed by atoms with van der Waals surface area (Å²) in [5.41, 5.74) is 1.49. The third kappa shape index (κ3) is 9.15. The Morgan fingerprint density at radius 1 is 1.09 bits per heavy atom. The van der Waals surface area contributed by atoms with Crippen molar-refractivity contribution in [1.29, 1.82) is 0 Å². The Bertz CT molecular complexity index is 454. The number of hydrogen-bond acceptors (Lipinski definition) is 2. The molecule has 0 aliphatic carbocycles. The zero-order valence-corrected chi connectivity index (χ0v) is 17.6. The molecule has 0 spiro atoms. The van der Waals surface area contributed by atoms with E-state index in [1.807, 2.05) is 7.05 Å². The Morgan fingerprint density at radius 2 is 1.70 bits per heavy atom. The van der Waals surface area contributed by atoms with Gasteiger partial charge in [-0.2, -0.15) is 0 Å². The highest BCUT2D eigenvalue weighted by molar-refractivity contribution is 14.0. The number of guanidine groups is 1. The number of benzene rings is 1. The van der Waals surface area contributed by atoms with Crippen molar-refractivity contribution in [1.82, 2.24) is 16.0 Å². The highest BCUT2D eigenvalue weighted by Crippen LogP contribution is 2.18. The molecule has 2 atom stereocenters. The number of aliphatic imine (C=N–C) groups is 1. The second-order valence-electron chi connectivity index (χ2n) is 6.81. The lowest BCUT2D eigenvalue weighted by Crippen LogP contribution is -2.47. The third-order valence-electron chi connectivity index (χ3n) is 3.74. The molecule has 4 nitrogen and oxygen atoms in total. The Labute approximate surface area is 158 Å². The molecule has 0 saturated carbocycles. The van der Waals surface area contributed by atoms with E-state index in [1.54, 1.807) is 0 Å². The SMILES string of the molecule is CN=C(NCCNC(C)(C)C)NC(C)C(C)c1ccccc1.I. The van der Waals surface area contributed by atoms with E-state index in [1.165, 1.54) is 5.56 Å². The van der Waals surface area contributed by atoms with Crippen LogP contribution in [0.25, 0.3) is 0 Å². The molecule has 0 aromatic heterocycles. The molecule has 132 valence electrons. The van der Waals surface area contributed by atoms with Crippen molar-refractivity contribution in [2.24, 2.45) is 4.99 Å². The summed E-state index contributed by atoms with van der Waals surface area (Å²) in [6, 6.07) is 10.9. The molecule has 0 aliphatic heterocycles. The summed E-state index contributed by atoms with van der Waals surface area (Å²) < 4.78 is 0. The Balaban J connectivity index is 0.00000484. The monoisotopic (exact) mass is 432 g/mol. The van der Waals surface area contributed by atoms with Crippen LogP contribution in [0.5, 0.6) is 0 Å². The van der Waals surface area contributed by atoms with Gasteiger partial charge in [0.2, 0.25) is 0 Å². The lowest BCUT2D eigenvalue weighted by molar-refractivity contribution is 0.427. The van der Waals surface area contributed by atoms with Gasteiger partial charge in [-0.1, -0.05) is 37.3 Å². The summed E-state index contributed by atoms with van der Waals surface area (Å²) in [7, 11) is 1.81. The van der Waals surface area contributed by atoms with E-state index in [9.17, 15) is 0 Å². The summed E-state index contributed by atoms with van der Waals surface area (Å²) in [6.07, 6.45) is 0. The molecule has 0 fully saturated rings.